The van der Waals surface area contributed by atoms with E-state index < -0.39 is 60.2 Å². The normalized spacial score (nSPS) is 13.0. The monoisotopic (exact) mass is 834 g/mol. The Kier molecular flexibility index (Phi) is 15.9. The number of nitrogens with two attached hydrogens (primary N) is 3. The molecule has 0 saturated carbocycles. The molecule has 0 aliphatic carbocycles. The van der Waals surface area contributed by atoms with Crippen molar-refractivity contribution in [1.82, 2.24) is 41.1 Å². The summed E-state index contributed by atoms with van der Waals surface area (Å²) in [5, 5.41) is 14.0. The van der Waals surface area contributed by atoms with Gasteiger partial charge in [0, 0.05) is 68.3 Å². The summed E-state index contributed by atoms with van der Waals surface area (Å²) in [6.07, 6.45) is 5.88. The quantitative estimate of drug-likeness (QED) is 0.0271. The first-order chi connectivity index (χ1) is 29.3. The van der Waals surface area contributed by atoms with Crippen LogP contribution in [0.1, 0.15) is 49.4 Å². The minimum absolute atomic E-state index is 0.0179. The van der Waals surface area contributed by atoms with Gasteiger partial charge in [0.2, 0.25) is 35.4 Å². The third kappa shape index (κ3) is 13.1. The van der Waals surface area contributed by atoms with E-state index in [1.165, 1.54) is 13.4 Å². The third-order valence-electron chi connectivity index (χ3n) is 10.1. The van der Waals surface area contributed by atoms with Gasteiger partial charge in [-0.3, -0.25) is 33.8 Å². The molecule has 18 heteroatoms. The standard InChI is InChI=1S/C43H54N12O6/c1-3-9-38(57)51-35(21-30-23-47-25-50-30)41(60)53-34(19-26-15-16-27-10-4-5-11-28(27)18-26)40(59)52-33(14-8-17-48-43(45)46)39(58)54-36(42(61)55(2)24-37(44)56)20-29-22-49-32-13-7-6-12-31(29)32/h4-7,10-13,15-16,18,22-23,25,33-36,49H,3,8-9,14,17,19-21,24H2,1-2H3,(H2,44,56)(H,47,50)(H,51,57)(H,52,59)(H,53,60)(H,54,58)(H4,45,46,48)/t33-,34-,35-,36-/m0/s1. The number of H-pyrrole nitrogens is 2. The number of primary amides is 1. The highest BCUT2D eigenvalue weighted by atomic mass is 16.2. The molecule has 6 amide bonds. The van der Waals surface area contributed by atoms with E-state index in [-0.39, 0.29) is 56.9 Å². The van der Waals surface area contributed by atoms with E-state index in [1.807, 2.05) is 73.7 Å². The number of hydrogen-bond acceptors (Lipinski definition) is 8. The maximum Gasteiger partial charge on any atom is 0.245 e. The Bertz CT molecular complexity index is 2340. The lowest BCUT2D eigenvalue weighted by Gasteiger charge is -2.28. The van der Waals surface area contributed by atoms with Gasteiger partial charge in [0.1, 0.15) is 24.2 Å². The maximum atomic E-state index is 14.5. The number of rotatable bonds is 22. The topological polar surface area (TPSA) is 289 Å². The molecule has 0 radical (unpaired) electrons. The molecular formula is C43H54N12O6. The SMILES string of the molecule is CCCC(=O)N[C@@H](Cc1cnc[nH]1)C(=O)N[C@@H](Cc1ccc2ccccc2c1)C(=O)N[C@@H](CCCN=C(N)N)C(=O)N[C@@H](Cc1c[nH]c2ccccc12)C(=O)N(C)CC(N)=O. The minimum atomic E-state index is -1.25. The molecule has 12 N–H and O–H groups in total. The smallest absolute Gasteiger partial charge is 0.245 e. The number of carbonyl (C=O) groups is 6. The molecule has 0 spiro atoms. The molecule has 322 valence electrons. The van der Waals surface area contributed by atoms with Gasteiger partial charge in [-0.1, -0.05) is 67.6 Å². The molecule has 0 bridgehead atoms. The Labute approximate surface area is 352 Å². The summed E-state index contributed by atoms with van der Waals surface area (Å²) in [7, 11) is 1.40. The number of benzene rings is 3. The Hall–Kier alpha value is -7.24. The van der Waals surface area contributed by atoms with Crippen molar-refractivity contribution in [2.45, 2.75) is 76.0 Å². The van der Waals surface area contributed by atoms with Crippen LogP contribution in [0.25, 0.3) is 21.7 Å². The lowest BCUT2D eigenvalue weighted by Crippen LogP contribution is -2.59. The zero-order chi connectivity index (χ0) is 43.9. The van der Waals surface area contributed by atoms with Crippen LogP contribution in [0.5, 0.6) is 0 Å². The van der Waals surface area contributed by atoms with Crippen LogP contribution in [0.2, 0.25) is 0 Å². The fourth-order valence-corrected chi connectivity index (χ4v) is 7.02. The zero-order valence-corrected chi connectivity index (χ0v) is 34.3. The Morgan fingerprint density at radius 3 is 2.15 bits per heavy atom. The average Bonchev–Trinajstić information content (AvgIpc) is 3.90. The van der Waals surface area contributed by atoms with Crippen LogP contribution >= 0.6 is 0 Å². The summed E-state index contributed by atoms with van der Waals surface area (Å²) in [5.41, 5.74) is 19.4. The van der Waals surface area contributed by atoms with Crippen molar-refractivity contribution in [3.8, 4) is 0 Å². The molecule has 5 aromatic rings. The maximum absolute atomic E-state index is 14.5. The Balaban J connectivity index is 1.45. The highest BCUT2D eigenvalue weighted by Crippen LogP contribution is 2.21. The first-order valence-electron chi connectivity index (χ1n) is 20.1. The molecule has 0 fully saturated rings. The molecule has 4 atom stereocenters. The van der Waals surface area contributed by atoms with Crippen LogP contribution in [-0.2, 0) is 48.0 Å². The fraction of sp³-hybridized carbons (Fsp3) is 0.349. The lowest BCUT2D eigenvalue weighted by atomic mass is 9.99. The number of aromatic nitrogens is 3. The van der Waals surface area contributed by atoms with E-state index in [2.05, 4.69) is 41.2 Å². The van der Waals surface area contributed by atoms with Gasteiger partial charge in [0.25, 0.3) is 0 Å². The van der Waals surface area contributed by atoms with Crippen LogP contribution in [0, 0.1) is 0 Å². The highest BCUT2D eigenvalue weighted by Gasteiger charge is 2.33. The molecule has 0 aliphatic heterocycles. The zero-order valence-electron chi connectivity index (χ0n) is 34.3. The van der Waals surface area contributed by atoms with Crippen molar-refractivity contribution >= 4 is 63.1 Å². The van der Waals surface area contributed by atoms with E-state index in [1.54, 1.807) is 12.4 Å². The van der Waals surface area contributed by atoms with Gasteiger partial charge in [-0.25, -0.2) is 4.98 Å². The van der Waals surface area contributed by atoms with Gasteiger partial charge in [-0.05, 0) is 47.2 Å². The van der Waals surface area contributed by atoms with Crippen LogP contribution in [-0.4, -0.2) is 106 Å². The summed E-state index contributed by atoms with van der Waals surface area (Å²) in [4.78, 5) is 96.7. The summed E-state index contributed by atoms with van der Waals surface area (Å²) >= 11 is 0. The van der Waals surface area contributed by atoms with Crippen molar-refractivity contribution < 1.29 is 28.8 Å². The molecule has 2 heterocycles. The second kappa shape index (κ2) is 21.7. The fourth-order valence-electron chi connectivity index (χ4n) is 7.02. The number of guanidine groups is 1. The molecule has 3 aromatic carbocycles. The van der Waals surface area contributed by atoms with Crippen molar-refractivity contribution in [2.24, 2.45) is 22.2 Å². The first kappa shape index (κ1) is 44.9. The molecule has 0 unspecified atom stereocenters. The molecule has 2 aromatic heterocycles. The average molecular weight is 835 g/mol. The number of para-hydroxylation sites is 1. The summed E-state index contributed by atoms with van der Waals surface area (Å²) in [6, 6.07) is 16.1. The number of likely N-dealkylation sites (N-methyl/N-ethyl adjacent to an activating group) is 1. The number of amides is 6. The number of aromatic amines is 2. The first-order valence-corrected chi connectivity index (χ1v) is 20.1. The van der Waals surface area contributed by atoms with Crippen molar-refractivity contribution in [1.29, 1.82) is 0 Å². The van der Waals surface area contributed by atoms with Gasteiger partial charge in [0.05, 0.1) is 12.9 Å². The number of fused-ring (bicyclic) bond motifs is 2. The number of aliphatic imine (C=N–C) groups is 1. The molecule has 18 nitrogen and oxygen atoms in total. The van der Waals surface area contributed by atoms with Crippen LogP contribution in [0.15, 0.2) is 90.4 Å². The van der Waals surface area contributed by atoms with Crippen LogP contribution in [0.3, 0.4) is 0 Å². The molecule has 0 aliphatic rings. The molecule has 0 saturated heterocycles. The van der Waals surface area contributed by atoms with E-state index in [4.69, 9.17) is 17.2 Å². The number of nitrogens with zero attached hydrogens (tertiary/aromatic N) is 3. The molecular weight excluding hydrogens is 781 g/mol. The number of nitrogens with one attached hydrogen (secondary N) is 6. The number of imidazole rings is 1. The molecule has 61 heavy (non-hydrogen) atoms. The summed E-state index contributed by atoms with van der Waals surface area (Å²) in [6.45, 7) is 1.58. The van der Waals surface area contributed by atoms with Crippen molar-refractivity contribution in [3.63, 3.8) is 0 Å². The third-order valence-corrected chi connectivity index (χ3v) is 10.1. The van der Waals surface area contributed by atoms with Gasteiger partial charge in [0.15, 0.2) is 5.96 Å². The predicted octanol–water partition coefficient (Wildman–Crippen LogP) is 0.809. The van der Waals surface area contributed by atoms with E-state index in [0.717, 1.165) is 37.7 Å². The van der Waals surface area contributed by atoms with Crippen LogP contribution in [0.4, 0.5) is 0 Å². The highest BCUT2D eigenvalue weighted by molar-refractivity contribution is 5.97. The van der Waals surface area contributed by atoms with Crippen molar-refractivity contribution in [3.05, 3.63) is 102 Å². The summed E-state index contributed by atoms with van der Waals surface area (Å²) < 4.78 is 0. The second-order valence-electron chi connectivity index (χ2n) is 14.9. The minimum Gasteiger partial charge on any atom is -0.370 e. The van der Waals surface area contributed by atoms with Gasteiger partial charge in [-0.15, -0.1) is 0 Å². The number of carbonyl (C=O) groups excluding carboxylic acids is 6. The van der Waals surface area contributed by atoms with Gasteiger partial charge >= 0.3 is 0 Å². The Morgan fingerprint density at radius 2 is 1.44 bits per heavy atom. The van der Waals surface area contributed by atoms with E-state index >= 15 is 0 Å². The number of hydrogen-bond donors (Lipinski definition) is 9. The lowest BCUT2D eigenvalue weighted by molar-refractivity contribution is -0.138. The van der Waals surface area contributed by atoms with Gasteiger partial charge in [-0.2, -0.15) is 0 Å². The van der Waals surface area contributed by atoms with E-state index in [9.17, 15) is 28.8 Å². The summed E-state index contributed by atoms with van der Waals surface area (Å²) in [5.74, 6) is -3.85. The van der Waals surface area contributed by atoms with E-state index in [0.29, 0.717) is 12.1 Å². The van der Waals surface area contributed by atoms with Gasteiger partial charge < -0.3 is 53.3 Å². The predicted molar refractivity (Wildman–Crippen MR) is 231 cm³/mol. The van der Waals surface area contributed by atoms with Crippen molar-refractivity contribution in [2.75, 3.05) is 20.1 Å². The molecule has 5 rings (SSSR count). The largest absolute Gasteiger partial charge is 0.370 e. The Morgan fingerprint density at radius 1 is 0.770 bits per heavy atom. The van der Waals surface area contributed by atoms with Crippen LogP contribution < -0.4 is 38.5 Å². The second-order valence-corrected chi connectivity index (χ2v) is 14.9.